The first-order valence-electron chi connectivity index (χ1n) is 6.73. The first-order valence-corrected chi connectivity index (χ1v) is 7.61. The molecule has 1 aromatic carbocycles. The number of carbonyl (C=O) groups excluding carboxylic acids is 1. The third-order valence-corrected chi connectivity index (χ3v) is 4.25. The summed E-state index contributed by atoms with van der Waals surface area (Å²) in [7, 11) is 0. The second-order valence-electron chi connectivity index (χ2n) is 5.34. The minimum absolute atomic E-state index is 0.0989. The number of hydrogen-bond donors (Lipinski definition) is 1. The molecule has 0 saturated carbocycles. The van der Waals surface area contributed by atoms with Crippen molar-refractivity contribution in [2.45, 2.75) is 43.9 Å². The van der Waals surface area contributed by atoms with Crippen molar-refractivity contribution in [2.24, 2.45) is 5.92 Å². The molecule has 0 fully saturated rings. The fourth-order valence-corrected chi connectivity index (χ4v) is 2.73. The maximum atomic E-state index is 13.8. The van der Waals surface area contributed by atoms with Gasteiger partial charge in [-0.2, -0.15) is 0 Å². The van der Waals surface area contributed by atoms with Gasteiger partial charge in [-0.1, -0.05) is 13.8 Å². The lowest BCUT2D eigenvalue weighted by Gasteiger charge is -2.20. The minimum Gasteiger partial charge on any atom is -0.478 e. The molecule has 0 aliphatic carbocycles. The predicted octanol–water partition coefficient (Wildman–Crippen LogP) is 3.73. The highest BCUT2D eigenvalue weighted by atomic mass is 32.2. The van der Waals surface area contributed by atoms with Crippen LogP contribution in [0.25, 0.3) is 0 Å². The lowest BCUT2D eigenvalue weighted by molar-refractivity contribution is -0.147. The van der Waals surface area contributed by atoms with E-state index in [1.54, 1.807) is 27.7 Å². The Bertz CT molecular complexity index is 573. The summed E-state index contributed by atoms with van der Waals surface area (Å²) in [5.74, 6) is -4.24. The van der Waals surface area contributed by atoms with E-state index in [0.717, 1.165) is 17.8 Å². The van der Waals surface area contributed by atoms with E-state index in [2.05, 4.69) is 0 Å². The summed E-state index contributed by atoms with van der Waals surface area (Å²) in [4.78, 5) is 22.9. The van der Waals surface area contributed by atoms with E-state index in [1.165, 1.54) is 0 Å². The van der Waals surface area contributed by atoms with Crippen molar-refractivity contribution in [1.29, 1.82) is 0 Å². The van der Waals surface area contributed by atoms with Crippen LogP contribution in [0.5, 0.6) is 0 Å². The molecule has 22 heavy (non-hydrogen) atoms. The second kappa shape index (κ2) is 7.58. The molecule has 0 radical (unpaired) electrons. The molecule has 1 rings (SSSR count). The van der Waals surface area contributed by atoms with Crippen LogP contribution in [-0.2, 0) is 9.53 Å². The summed E-state index contributed by atoms with van der Waals surface area (Å²) in [6, 6.07) is 1.41. The van der Waals surface area contributed by atoms with Gasteiger partial charge in [0.1, 0.15) is 16.9 Å². The fourth-order valence-electron chi connectivity index (χ4n) is 1.68. The zero-order valence-electron chi connectivity index (χ0n) is 12.7. The molecule has 0 bridgehead atoms. The Balaban J connectivity index is 3.11. The van der Waals surface area contributed by atoms with Gasteiger partial charge in [-0.25, -0.2) is 13.6 Å². The molecule has 1 atom stereocenters. The van der Waals surface area contributed by atoms with E-state index in [-0.39, 0.29) is 16.9 Å². The van der Waals surface area contributed by atoms with E-state index < -0.39 is 34.4 Å². The number of carbonyl (C=O) groups is 2. The molecule has 0 aromatic heterocycles. The van der Waals surface area contributed by atoms with Gasteiger partial charge >= 0.3 is 11.9 Å². The standard InChI is InChI=1S/C15H18F2O4S/c1-7(2)13(15(20)21-8(3)4)22-12-5-9(14(18)19)10(16)6-11(12)17/h5-8,13H,1-4H3,(H,18,19). The molecule has 0 aliphatic rings. The average Bonchev–Trinajstić information content (AvgIpc) is 2.35. The van der Waals surface area contributed by atoms with E-state index in [9.17, 15) is 18.4 Å². The van der Waals surface area contributed by atoms with Crippen LogP contribution in [0.3, 0.4) is 0 Å². The van der Waals surface area contributed by atoms with Crippen molar-refractivity contribution in [3.63, 3.8) is 0 Å². The maximum Gasteiger partial charge on any atom is 0.338 e. The summed E-state index contributed by atoms with van der Waals surface area (Å²) >= 11 is 0.834. The Morgan fingerprint density at radius 1 is 1.14 bits per heavy atom. The van der Waals surface area contributed by atoms with Crippen molar-refractivity contribution >= 4 is 23.7 Å². The van der Waals surface area contributed by atoms with Crippen molar-refractivity contribution in [2.75, 3.05) is 0 Å². The number of rotatable bonds is 6. The van der Waals surface area contributed by atoms with Crippen LogP contribution in [0, 0.1) is 17.6 Å². The fraction of sp³-hybridized carbons (Fsp3) is 0.467. The number of ether oxygens (including phenoxy) is 1. The van der Waals surface area contributed by atoms with Gasteiger partial charge in [0.15, 0.2) is 0 Å². The lowest BCUT2D eigenvalue weighted by Crippen LogP contribution is -2.28. The molecule has 0 saturated heterocycles. The normalized spacial score (nSPS) is 12.5. The molecule has 4 nitrogen and oxygen atoms in total. The van der Waals surface area contributed by atoms with Crippen molar-refractivity contribution in [3.8, 4) is 0 Å². The Labute approximate surface area is 131 Å². The van der Waals surface area contributed by atoms with E-state index in [0.29, 0.717) is 6.07 Å². The molecule has 122 valence electrons. The smallest absolute Gasteiger partial charge is 0.338 e. The van der Waals surface area contributed by atoms with Crippen LogP contribution >= 0.6 is 11.8 Å². The summed E-state index contributed by atoms with van der Waals surface area (Å²) in [5.41, 5.74) is -0.636. The monoisotopic (exact) mass is 332 g/mol. The molecule has 0 spiro atoms. The molecule has 0 heterocycles. The van der Waals surface area contributed by atoms with E-state index >= 15 is 0 Å². The van der Waals surface area contributed by atoms with Crippen LogP contribution < -0.4 is 0 Å². The zero-order chi connectivity index (χ0) is 17.0. The zero-order valence-corrected chi connectivity index (χ0v) is 13.5. The quantitative estimate of drug-likeness (QED) is 0.635. The third-order valence-electron chi connectivity index (χ3n) is 2.70. The van der Waals surface area contributed by atoms with E-state index in [1.807, 2.05) is 0 Å². The molecule has 1 unspecified atom stereocenters. The molecular formula is C15H18F2O4S. The van der Waals surface area contributed by atoms with Gasteiger partial charge in [-0.3, -0.25) is 4.79 Å². The number of aromatic carboxylic acids is 1. The number of carboxylic acids is 1. The van der Waals surface area contributed by atoms with Crippen LogP contribution in [0.4, 0.5) is 8.78 Å². The Kier molecular flexibility index (Phi) is 6.34. The largest absolute Gasteiger partial charge is 0.478 e. The first kappa shape index (κ1) is 18.4. The van der Waals surface area contributed by atoms with Gasteiger partial charge in [-0.05, 0) is 25.8 Å². The second-order valence-corrected chi connectivity index (χ2v) is 6.52. The van der Waals surface area contributed by atoms with Crippen LogP contribution in [-0.4, -0.2) is 28.4 Å². The van der Waals surface area contributed by atoms with Crippen molar-refractivity contribution in [3.05, 3.63) is 29.3 Å². The van der Waals surface area contributed by atoms with Crippen molar-refractivity contribution < 1.29 is 28.2 Å². The number of hydrogen-bond acceptors (Lipinski definition) is 4. The van der Waals surface area contributed by atoms with Gasteiger partial charge in [0.25, 0.3) is 0 Å². The van der Waals surface area contributed by atoms with Gasteiger partial charge in [-0.15, -0.1) is 11.8 Å². The average molecular weight is 332 g/mol. The van der Waals surface area contributed by atoms with Crippen molar-refractivity contribution in [1.82, 2.24) is 0 Å². The number of benzene rings is 1. The first-order chi connectivity index (χ1) is 10.1. The Hall–Kier alpha value is -1.63. The minimum atomic E-state index is -1.50. The topological polar surface area (TPSA) is 63.6 Å². The molecule has 0 aliphatic heterocycles. The number of carboxylic acid groups (broad SMARTS) is 1. The highest BCUT2D eigenvalue weighted by Gasteiger charge is 2.28. The van der Waals surface area contributed by atoms with Gasteiger partial charge in [0, 0.05) is 11.0 Å². The van der Waals surface area contributed by atoms with Crippen LogP contribution in [0.2, 0.25) is 0 Å². The SMILES string of the molecule is CC(C)OC(=O)C(Sc1cc(C(=O)O)c(F)cc1F)C(C)C. The molecule has 7 heteroatoms. The molecule has 1 aromatic rings. The molecule has 0 amide bonds. The number of esters is 1. The van der Waals surface area contributed by atoms with Gasteiger partial charge in [0.05, 0.1) is 11.7 Å². The number of halogens is 2. The number of thioether (sulfide) groups is 1. The molecular weight excluding hydrogens is 314 g/mol. The predicted molar refractivity (Wildman–Crippen MR) is 79.0 cm³/mol. The summed E-state index contributed by atoms with van der Waals surface area (Å²) in [6.07, 6.45) is -0.318. The maximum absolute atomic E-state index is 13.8. The summed E-state index contributed by atoms with van der Waals surface area (Å²) in [5, 5.41) is 8.17. The van der Waals surface area contributed by atoms with Crippen LogP contribution in [0.1, 0.15) is 38.1 Å². The highest BCUT2D eigenvalue weighted by Crippen LogP contribution is 2.32. The summed E-state index contributed by atoms with van der Waals surface area (Å²) in [6.45, 7) is 6.92. The highest BCUT2D eigenvalue weighted by molar-refractivity contribution is 8.00. The lowest BCUT2D eigenvalue weighted by atomic mass is 10.1. The summed E-state index contributed by atoms with van der Waals surface area (Å²) < 4.78 is 32.3. The van der Waals surface area contributed by atoms with E-state index in [4.69, 9.17) is 9.84 Å². The van der Waals surface area contributed by atoms with Crippen LogP contribution in [0.15, 0.2) is 17.0 Å². The Morgan fingerprint density at radius 2 is 1.73 bits per heavy atom. The molecule has 1 N–H and O–H groups in total. The van der Waals surface area contributed by atoms with Gasteiger partial charge in [0.2, 0.25) is 0 Å². The third kappa shape index (κ3) is 4.69. The van der Waals surface area contributed by atoms with Gasteiger partial charge < -0.3 is 9.84 Å². The Morgan fingerprint density at radius 3 is 2.18 bits per heavy atom.